The maximum atomic E-state index is 3.50. The number of benzene rings is 4. The third-order valence-corrected chi connectivity index (χ3v) is 8.67. The van der Waals surface area contributed by atoms with E-state index in [9.17, 15) is 0 Å². The van der Waals surface area contributed by atoms with Gasteiger partial charge in [-0.1, -0.05) is 143 Å². The van der Waals surface area contributed by atoms with Gasteiger partial charge in [0.25, 0.3) is 0 Å². The van der Waals surface area contributed by atoms with Crippen LogP contribution in [0.1, 0.15) is 48.6 Å². The van der Waals surface area contributed by atoms with Crippen LogP contribution in [-0.2, 0) is 5.41 Å². The number of anilines is 2. The predicted octanol–water partition coefficient (Wildman–Crippen LogP) is 9.61. The van der Waals surface area contributed by atoms with Gasteiger partial charge in [-0.05, 0) is 57.5 Å². The SMILES string of the molecule is CC(C)(C)c1ccc(C=Cc2ccc(Nc3ccc(C=Cc4ccc([Si](C)(C)C)cc4)cc3)cc2)cc1. The Morgan fingerprint density at radius 3 is 1.14 bits per heavy atom. The minimum atomic E-state index is -1.25. The summed E-state index contributed by atoms with van der Waals surface area (Å²) in [4.78, 5) is 0. The molecule has 4 aromatic carbocycles. The zero-order valence-electron chi connectivity index (χ0n) is 23.0. The summed E-state index contributed by atoms with van der Waals surface area (Å²) in [5.74, 6) is 0. The van der Waals surface area contributed by atoms with Crippen LogP contribution in [0.25, 0.3) is 24.3 Å². The molecule has 0 aliphatic rings. The van der Waals surface area contributed by atoms with Crippen LogP contribution in [0.3, 0.4) is 0 Å². The van der Waals surface area contributed by atoms with Gasteiger partial charge in [0.05, 0.1) is 8.07 Å². The van der Waals surface area contributed by atoms with Crippen molar-refractivity contribution in [3.8, 4) is 0 Å². The molecule has 0 spiro atoms. The quantitative estimate of drug-likeness (QED) is 0.196. The fourth-order valence-electron chi connectivity index (χ4n) is 4.10. The number of rotatable bonds is 7. The Morgan fingerprint density at radius 2 is 0.811 bits per heavy atom. The van der Waals surface area contributed by atoms with Crippen molar-refractivity contribution in [2.75, 3.05) is 5.32 Å². The normalized spacial score (nSPS) is 12.4. The van der Waals surface area contributed by atoms with E-state index in [2.05, 4.69) is 167 Å². The van der Waals surface area contributed by atoms with Gasteiger partial charge in [0.1, 0.15) is 0 Å². The second-order valence-electron chi connectivity index (χ2n) is 11.8. The smallest absolute Gasteiger partial charge is 0.0775 e. The van der Waals surface area contributed by atoms with Gasteiger partial charge in [0.2, 0.25) is 0 Å². The van der Waals surface area contributed by atoms with Gasteiger partial charge in [-0.3, -0.25) is 0 Å². The number of nitrogens with one attached hydrogen (secondary N) is 1. The highest BCUT2D eigenvalue weighted by Crippen LogP contribution is 2.23. The molecule has 1 nitrogen and oxygen atoms in total. The molecule has 4 rings (SSSR count). The van der Waals surface area contributed by atoms with Gasteiger partial charge in [-0.25, -0.2) is 0 Å². The lowest BCUT2D eigenvalue weighted by atomic mass is 9.87. The van der Waals surface area contributed by atoms with E-state index in [-0.39, 0.29) is 5.41 Å². The Labute approximate surface area is 224 Å². The molecule has 0 bridgehead atoms. The molecule has 0 radical (unpaired) electrons. The summed E-state index contributed by atoms with van der Waals surface area (Å²) < 4.78 is 0. The van der Waals surface area contributed by atoms with Gasteiger partial charge in [0, 0.05) is 11.4 Å². The van der Waals surface area contributed by atoms with Gasteiger partial charge < -0.3 is 5.32 Å². The number of hydrogen-bond acceptors (Lipinski definition) is 1. The molecule has 188 valence electrons. The molecule has 0 heterocycles. The molecule has 4 aromatic rings. The summed E-state index contributed by atoms with van der Waals surface area (Å²) in [7, 11) is -1.25. The maximum Gasteiger partial charge on any atom is 0.0775 e. The second-order valence-corrected chi connectivity index (χ2v) is 16.9. The van der Waals surface area contributed by atoms with E-state index < -0.39 is 8.07 Å². The lowest BCUT2D eigenvalue weighted by Gasteiger charge is -2.18. The average Bonchev–Trinajstić information content (AvgIpc) is 2.87. The molecule has 1 N–H and O–H groups in total. The van der Waals surface area contributed by atoms with Crippen LogP contribution in [0.2, 0.25) is 19.6 Å². The molecule has 0 saturated carbocycles. The molecule has 0 saturated heterocycles. The molecular weight excluding hydrogens is 462 g/mol. The second kappa shape index (κ2) is 11.2. The Bertz CT molecular complexity index is 1240. The van der Waals surface area contributed by atoms with Crippen LogP contribution in [0.4, 0.5) is 11.4 Å². The summed E-state index contributed by atoms with van der Waals surface area (Å²) in [6, 6.07) is 34.9. The minimum Gasteiger partial charge on any atom is -0.356 e. The van der Waals surface area contributed by atoms with E-state index in [0.717, 1.165) is 11.4 Å². The van der Waals surface area contributed by atoms with Gasteiger partial charge in [0.15, 0.2) is 0 Å². The summed E-state index contributed by atoms with van der Waals surface area (Å²) >= 11 is 0. The van der Waals surface area contributed by atoms with Crippen molar-refractivity contribution in [3.63, 3.8) is 0 Å². The Morgan fingerprint density at radius 1 is 0.486 bits per heavy atom. The zero-order chi connectivity index (χ0) is 26.5. The minimum absolute atomic E-state index is 0.183. The van der Waals surface area contributed by atoms with Gasteiger partial charge in [-0.15, -0.1) is 0 Å². The molecule has 2 heteroatoms. The first kappa shape index (κ1) is 26.4. The first-order chi connectivity index (χ1) is 17.6. The van der Waals surface area contributed by atoms with Crippen LogP contribution in [0, 0.1) is 0 Å². The van der Waals surface area contributed by atoms with Crippen LogP contribution in [0.5, 0.6) is 0 Å². The van der Waals surface area contributed by atoms with E-state index in [1.165, 1.54) is 33.0 Å². The van der Waals surface area contributed by atoms with Crippen molar-refractivity contribution in [2.24, 2.45) is 0 Å². The van der Waals surface area contributed by atoms with E-state index in [1.54, 1.807) is 0 Å². The molecule has 0 unspecified atom stereocenters. The first-order valence-corrected chi connectivity index (χ1v) is 16.6. The lowest BCUT2D eigenvalue weighted by Crippen LogP contribution is -2.37. The molecule has 0 aliphatic carbocycles. The fraction of sp³-hybridized carbons (Fsp3) is 0.200. The van der Waals surface area contributed by atoms with E-state index in [1.807, 2.05) is 0 Å². The van der Waals surface area contributed by atoms with E-state index in [4.69, 9.17) is 0 Å². The average molecular weight is 502 g/mol. The first-order valence-electron chi connectivity index (χ1n) is 13.1. The molecule has 0 atom stereocenters. The van der Waals surface area contributed by atoms with Crippen molar-refractivity contribution < 1.29 is 0 Å². The van der Waals surface area contributed by atoms with Gasteiger partial charge >= 0.3 is 0 Å². The highest BCUT2D eigenvalue weighted by atomic mass is 28.3. The van der Waals surface area contributed by atoms with Crippen LogP contribution < -0.4 is 10.5 Å². The Balaban J connectivity index is 1.33. The topological polar surface area (TPSA) is 12.0 Å². The fourth-order valence-corrected chi connectivity index (χ4v) is 5.26. The predicted molar refractivity (Wildman–Crippen MR) is 169 cm³/mol. The molecule has 37 heavy (non-hydrogen) atoms. The largest absolute Gasteiger partial charge is 0.356 e. The molecular formula is C35H39NSi. The van der Waals surface area contributed by atoms with Crippen molar-refractivity contribution in [1.29, 1.82) is 0 Å². The van der Waals surface area contributed by atoms with E-state index >= 15 is 0 Å². The van der Waals surface area contributed by atoms with Crippen molar-refractivity contribution in [3.05, 3.63) is 125 Å². The van der Waals surface area contributed by atoms with Crippen LogP contribution in [0.15, 0.2) is 97.1 Å². The highest BCUT2D eigenvalue weighted by Gasteiger charge is 2.15. The monoisotopic (exact) mass is 501 g/mol. The third-order valence-electron chi connectivity index (χ3n) is 6.60. The third kappa shape index (κ3) is 7.68. The van der Waals surface area contributed by atoms with Crippen LogP contribution >= 0.6 is 0 Å². The van der Waals surface area contributed by atoms with Crippen molar-refractivity contribution in [2.45, 2.75) is 45.8 Å². The number of hydrogen-bond donors (Lipinski definition) is 1. The summed E-state index contributed by atoms with van der Waals surface area (Å²) in [5, 5.41) is 5.00. The Hall–Kier alpha value is -3.62. The van der Waals surface area contributed by atoms with Crippen molar-refractivity contribution >= 4 is 48.9 Å². The van der Waals surface area contributed by atoms with Gasteiger partial charge in [-0.2, -0.15) is 0 Å². The highest BCUT2D eigenvalue weighted by molar-refractivity contribution is 6.88. The molecule has 0 aromatic heterocycles. The zero-order valence-corrected chi connectivity index (χ0v) is 24.0. The lowest BCUT2D eigenvalue weighted by molar-refractivity contribution is 0.590. The summed E-state index contributed by atoms with van der Waals surface area (Å²) in [5.41, 5.74) is 8.53. The summed E-state index contributed by atoms with van der Waals surface area (Å²) in [6.07, 6.45) is 8.68. The standard InChI is InChI=1S/C35H39NSi/c1-35(2,3)31-19-11-27(12-20-31)7-8-28-13-21-32(22-14-28)36-33-23-15-29(16-24-33)9-10-30-17-25-34(26-18-30)37(4,5)6/h7-26,36H,1-6H3. The Kier molecular flexibility index (Phi) is 7.99. The molecule has 0 amide bonds. The van der Waals surface area contributed by atoms with Crippen molar-refractivity contribution in [1.82, 2.24) is 0 Å². The maximum absolute atomic E-state index is 3.50. The molecule has 0 fully saturated rings. The van der Waals surface area contributed by atoms with E-state index in [0.29, 0.717) is 0 Å². The van der Waals surface area contributed by atoms with Crippen LogP contribution in [-0.4, -0.2) is 8.07 Å². The summed E-state index contributed by atoms with van der Waals surface area (Å²) in [6.45, 7) is 13.9. The molecule has 0 aliphatic heterocycles.